The number of aldehydes is 1. The second-order valence-electron chi connectivity index (χ2n) is 5.68. The molecule has 4 aromatic rings. The minimum absolute atomic E-state index is 0.0604. The molecule has 0 fully saturated rings. The number of carbonyl (C=O) groups excluding carboxylic acids is 1. The van der Waals surface area contributed by atoms with Crippen LogP contribution in [0.25, 0.3) is 21.1 Å². The molecule has 0 aliphatic rings. The number of fused-ring (bicyclic) bond motifs is 2. The molecular weight excluding hydrogens is 371 g/mol. The van der Waals surface area contributed by atoms with Gasteiger partial charge < -0.3 is 9.84 Å². The van der Waals surface area contributed by atoms with E-state index in [0.717, 1.165) is 22.3 Å². The van der Waals surface area contributed by atoms with E-state index in [-0.39, 0.29) is 29.1 Å². The van der Waals surface area contributed by atoms with Gasteiger partial charge in [0.2, 0.25) is 0 Å². The number of carbonyl (C=O) groups is 2. The fourth-order valence-corrected chi connectivity index (χ4v) is 3.57. The van der Waals surface area contributed by atoms with E-state index < -0.39 is 11.8 Å². The van der Waals surface area contributed by atoms with Gasteiger partial charge in [-0.2, -0.15) is 0 Å². The van der Waals surface area contributed by atoms with Crippen molar-refractivity contribution in [2.24, 2.45) is 0 Å². The molecule has 134 valence electrons. The van der Waals surface area contributed by atoms with Crippen molar-refractivity contribution in [1.29, 1.82) is 0 Å². The third kappa shape index (κ3) is 3.22. The summed E-state index contributed by atoms with van der Waals surface area (Å²) in [6.07, 6.45) is 0.506. The first-order valence-electron chi connectivity index (χ1n) is 7.85. The summed E-state index contributed by atoms with van der Waals surface area (Å²) in [7, 11) is 0. The zero-order chi connectivity index (χ0) is 19.0. The standard InChI is InChI=1S/C19H11FN2O4S/c20-12-7-14-11(10(8-23)5-15(21-14)19(24)25)6-16(12)26-9-18-22-13-3-1-2-4-17(13)27-18/h1-8H,9H2,(H,24,25). The van der Waals surface area contributed by atoms with E-state index in [4.69, 9.17) is 9.84 Å². The maximum atomic E-state index is 14.4. The van der Waals surface area contributed by atoms with Crippen molar-refractivity contribution >= 4 is 44.7 Å². The lowest BCUT2D eigenvalue weighted by Crippen LogP contribution is -2.03. The summed E-state index contributed by atoms with van der Waals surface area (Å²) in [5, 5.41) is 10.1. The Kier molecular flexibility index (Phi) is 4.25. The molecule has 0 bridgehead atoms. The van der Waals surface area contributed by atoms with Crippen LogP contribution in [-0.4, -0.2) is 27.3 Å². The fourth-order valence-electron chi connectivity index (χ4n) is 2.69. The maximum absolute atomic E-state index is 14.4. The molecule has 0 aliphatic carbocycles. The number of hydrogen-bond donors (Lipinski definition) is 1. The molecular formula is C19H11FN2O4S. The highest BCUT2D eigenvalue weighted by atomic mass is 32.1. The van der Waals surface area contributed by atoms with Gasteiger partial charge in [-0.15, -0.1) is 11.3 Å². The summed E-state index contributed by atoms with van der Waals surface area (Å²) in [6.45, 7) is 0.0683. The van der Waals surface area contributed by atoms with Crippen LogP contribution in [-0.2, 0) is 6.61 Å². The van der Waals surface area contributed by atoms with Crippen LogP contribution in [0.15, 0.2) is 42.5 Å². The van der Waals surface area contributed by atoms with E-state index in [2.05, 4.69) is 9.97 Å². The van der Waals surface area contributed by atoms with Gasteiger partial charge in [-0.05, 0) is 24.3 Å². The first-order chi connectivity index (χ1) is 13.0. The monoisotopic (exact) mass is 382 g/mol. The number of rotatable bonds is 5. The number of carboxylic acid groups (broad SMARTS) is 1. The van der Waals surface area contributed by atoms with Crippen LogP contribution >= 0.6 is 11.3 Å². The Bertz CT molecular complexity index is 1170. The van der Waals surface area contributed by atoms with Crippen LogP contribution in [0.3, 0.4) is 0 Å². The number of aromatic carboxylic acids is 1. The van der Waals surface area contributed by atoms with Crippen molar-refractivity contribution in [1.82, 2.24) is 9.97 Å². The van der Waals surface area contributed by atoms with Gasteiger partial charge >= 0.3 is 5.97 Å². The lowest BCUT2D eigenvalue weighted by Gasteiger charge is -2.09. The molecule has 0 atom stereocenters. The van der Waals surface area contributed by atoms with Crippen LogP contribution in [0, 0.1) is 5.82 Å². The molecule has 2 heterocycles. The van der Waals surface area contributed by atoms with Gasteiger partial charge in [-0.25, -0.2) is 19.2 Å². The molecule has 27 heavy (non-hydrogen) atoms. The molecule has 0 unspecified atom stereocenters. The number of para-hydroxylation sites is 1. The van der Waals surface area contributed by atoms with E-state index in [1.807, 2.05) is 24.3 Å². The summed E-state index contributed by atoms with van der Waals surface area (Å²) in [4.78, 5) is 30.7. The molecule has 0 aliphatic heterocycles. The number of ether oxygens (including phenoxy) is 1. The molecule has 1 N–H and O–H groups in total. The van der Waals surface area contributed by atoms with Crippen LogP contribution in [0.2, 0.25) is 0 Å². The molecule has 0 amide bonds. The summed E-state index contributed by atoms with van der Waals surface area (Å²) < 4.78 is 20.9. The van der Waals surface area contributed by atoms with E-state index in [9.17, 15) is 14.0 Å². The minimum Gasteiger partial charge on any atom is -0.483 e. The molecule has 2 aromatic carbocycles. The van der Waals surface area contributed by atoms with Gasteiger partial charge in [-0.3, -0.25) is 4.79 Å². The van der Waals surface area contributed by atoms with Crippen LogP contribution in [0.1, 0.15) is 25.9 Å². The molecule has 2 aromatic heterocycles. The van der Waals surface area contributed by atoms with Gasteiger partial charge in [0, 0.05) is 17.0 Å². The van der Waals surface area contributed by atoms with Crippen molar-refractivity contribution in [3.8, 4) is 5.75 Å². The molecule has 6 nitrogen and oxygen atoms in total. The van der Waals surface area contributed by atoms with Crippen LogP contribution in [0.5, 0.6) is 5.75 Å². The first kappa shape index (κ1) is 17.0. The predicted molar refractivity (Wildman–Crippen MR) is 98.0 cm³/mol. The van der Waals surface area contributed by atoms with Gasteiger partial charge in [0.1, 0.15) is 17.3 Å². The Morgan fingerprint density at radius 2 is 2.00 bits per heavy atom. The highest BCUT2D eigenvalue weighted by molar-refractivity contribution is 7.18. The largest absolute Gasteiger partial charge is 0.483 e. The number of thiazole rings is 1. The smallest absolute Gasteiger partial charge is 0.354 e. The normalized spacial score (nSPS) is 11.0. The van der Waals surface area contributed by atoms with Crippen molar-refractivity contribution in [3.05, 3.63) is 64.5 Å². The number of halogens is 1. The maximum Gasteiger partial charge on any atom is 0.354 e. The Balaban J connectivity index is 1.68. The topological polar surface area (TPSA) is 89.4 Å². The van der Waals surface area contributed by atoms with E-state index in [0.29, 0.717) is 16.7 Å². The van der Waals surface area contributed by atoms with E-state index in [1.165, 1.54) is 17.4 Å². The molecule has 0 spiro atoms. The SMILES string of the molecule is O=Cc1cc(C(=O)O)nc2cc(F)c(OCc3nc4ccccc4s3)cc12. The number of carboxylic acids is 1. The molecule has 0 saturated carbocycles. The lowest BCUT2D eigenvalue weighted by molar-refractivity contribution is 0.0691. The van der Waals surface area contributed by atoms with Crippen molar-refractivity contribution in [2.75, 3.05) is 0 Å². The Morgan fingerprint density at radius 3 is 2.74 bits per heavy atom. The molecule has 0 saturated heterocycles. The fraction of sp³-hybridized carbons (Fsp3) is 0.0526. The number of hydrogen-bond acceptors (Lipinski definition) is 6. The average Bonchev–Trinajstić information content (AvgIpc) is 3.08. The summed E-state index contributed by atoms with van der Waals surface area (Å²) in [5.41, 5.74) is 0.685. The number of pyridine rings is 1. The number of aromatic nitrogens is 2. The van der Waals surface area contributed by atoms with Crippen LogP contribution in [0.4, 0.5) is 4.39 Å². The van der Waals surface area contributed by atoms with E-state index in [1.54, 1.807) is 0 Å². The summed E-state index contributed by atoms with van der Waals surface area (Å²) in [6, 6.07) is 11.2. The molecule has 0 radical (unpaired) electrons. The van der Waals surface area contributed by atoms with E-state index >= 15 is 0 Å². The van der Waals surface area contributed by atoms with Crippen LogP contribution < -0.4 is 4.74 Å². The minimum atomic E-state index is -1.29. The van der Waals surface area contributed by atoms with Gasteiger partial charge in [0.25, 0.3) is 0 Å². The lowest BCUT2D eigenvalue weighted by atomic mass is 10.1. The second kappa shape index (κ2) is 6.73. The Labute approximate surface area is 155 Å². The molecule has 4 rings (SSSR count). The summed E-state index contributed by atoms with van der Waals surface area (Å²) >= 11 is 1.45. The number of benzene rings is 2. The third-order valence-corrected chi connectivity index (χ3v) is 4.94. The van der Waals surface area contributed by atoms with Crippen molar-refractivity contribution in [2.45, 2.75) is 6.61 Å². The zero-order valence-electron chi connectivity index (χ0n) is 13.7. The first-order valence-corrected chi connectivity index (χ1v) is 8.67. The summed E-state index contributed by atoms with van der Waals surface area (Å²) in [5.74, 6) is -2.05. The number of nitrogens with zero attached hydrogens (tertiary/aromatic N) is 2. The van der Waals surface area contributed by atoms with Gasteiger partial charge in [0.05, 0.1) is 15.7 Å². The third-order valence-electron chi connectivity index (χ3n) is 3.93. The second-order valence-corrected chi connectivity index (χ2v) is 6.80. The van der Waals surface area contributed by atoms with Crippen molar-refractivity contribution in [3.63, 3.8) is 0 Å². The highest BCUT2D eigenvalue weighted by Crippen LogP contribution is 2.28. The van der Waals surface area contributed by atoms with Gasteiger partial charge in [-0.1, -0.05) is 12.1 Å². The highest BCUT2D eigenvalue weighted by Gasteiger charge is 2.15. The Morgan fingerprint density at radius 1 is 1.19 bits per heavy atom. The van der Waals surface area contributed by atoms with Gasteiger partial charge in [0.15, 0.2) is 17.9 Å². The predicted octanol–water partition coefficient (Wildman–Crippen LogP) is 4.07. The Hall–Kier alpha value is -3.39. The quantitative estimate of drug-likeness (QED) is 0.523. The van der Waals surface area contributed by atoms with Crippen molar-refractivity contribution < 1.29 is 23.8 Å². The zero-order valence-corrected chi connectivity index (χ0v) is 14.5. The molecule has 8 heteroatoms. The average molecular weight is 382 g/mol.